The van der Waals surface area contributed by atoms with Crippen LogP contribution in [0.5, 0.6) is 5.75 Å². The first kappa shape index (κ1) is 30.9. The van der Waals surface area contributed by atoms with Gasteiger partial charge in [-0.05, 0) is 65.7 Å². The minimum atomic E-state index is -1.19. The Labute approximate surface area is 211 Å². The van der Waals surface area contributed by atoms with Crippen LogP contribution in [0.3, 0.4) is 0 Å². The zero-order valence-electron chi connectivity index (χ0n) is 21.8. The fourth-order valence-corrected chi connectivity index (χ4v) is 3.47. The van der Waals surface area contributed by atoms with E-state index in [4.69, 9.17) is 9.47 Å². The van der Waals surface area contributed by atoms with Crippen molar-refractivity contribution >= 4 is 23.9 Å². The van der Waals surface area contributed by atoms with E-state index < -0.39 is 54.2 Å². The van der Waals surface area contributed by atoms with Crippen LogP contribution in [-0.4, -0.2) is 99.0 Å². The summed E-state index contributed by atoms with van der Waals surface area (Å²) in [5.74, 6) is -3.60. The third-order valence-electron chi connectivity index (χ3n) is 4.62. The third-order valence-corrected chi connectivity index (χ3v) is 4.62. The molecule has 3 N–H and O–H groups in total. The Morgan fingerprint density at radius 3 is 1.69 bits per heavy atom. The number of hydrogen-bond donors (Lipinski definition) is 3. The van der Waals surface area contributed by atoms with Crippen molar-refractivity contribution in [3.05, 3.63) is 29.8 Å². The van der Waals surface area contributed by atoms with Crippen LogP contribution in [0, 0.1) is 0 Å². The van der Waals surface area contributed by atoms with Gasteiger partial charge in [-0.3, -0.25) is 29.0 Å². The standard InChI is InChI=1S/C25H38N2O9/c1-24(2,3)35-22(33)15-26(13-20(29)30)12-18(11-17-7-9-19(28)10-8-17)27(14-21(31)32)16-23(34)36-25(4,5)6/h7-10,18,28H,11-16H2,1-6H3,(H,29,30)(H,31,32). The van der Waals surface area contributed by atoms with Gasteiger partial charge in [-0.15, -0.1) is 0 Å². The van der Waals surface area contributed by atoms with Gasteiger partial charge in [-0.25, -0.2) is 0 Å². The molecule has 11 heteroatoms. The molecular formula is C25H38N2O9. The first-order valence-corrected chi connectivity index (χ1v) is 11.5. The molecule has 0 heterocycles. The van der Waals surface area contributed by atoms with Crippen LogP contribution in [-0.2, 0) is 35.1 Å². The van der Waals surface area contributed by atoms with Gasteiger partial charge in [0, 0.05) is 12.6 Å². The van der Waals surface area contributed by atoms with Gasteiger partial charge in [0.2, 0.25) is 0 Å². The van der Waals surface area contributed by atoms with Gasteiger partial charge < -0.3 is 24.8 Å². The van der Waals surface area contributed by atoms with Crippen LogP contribution in [0.4, 0.5) is 0 Å². The summed E-state index contributed by atoms with van der Waals surface area (Å²) in [5.41, 5.74) is -0.849. The number of phenolic OH excluding ortho intramolecular Hbond substituents is 1. The Bertz CT molecular complexity index is 902. The molecule has 0 aromatic heterocycles. The molecular weight excluding hydrogens is 472 g/mol. The quantitative estimate of drug-likeness (QED) is 0.333. The normalized spacial score (nSPS) is 12.9. The maximum atomic E-state index is 12.6. The van der Waals surface area contributed by atoms with E-state index in [1.54, 1.807) is 53.7 Å². The van der Waals surface area contributed by atoms with E-state index in [0.717, 1.165) is 0 Å². The maximum Gasteiger partial charge on any atom is 0.320 e. The maximum absolute atomic E-state index is 12.6. The van der Waals surface area contributed by atoms with Crippen LogP contribution >= 0.6 is 0 Å². The summed E-state index contributed by atoms with van der Waals surface area (Å²) in [6.45, 7) is 8.36. The zero-order valence-corrected chi connectivity index (χ0v) is 21.8. The van der Waals surface area contributed by atoms with Gasteiger partial charge in [-0.1, -0.05) is 12.1 Å². The first-order chi connectivity index (χ1) is 16.4. The highest BCUT2D eigenvalue weighted by molar-refractivity contribution is 5.75. The monoisotopic (exact) mass is 510 g/mol. The highest BCUT2D eigenvalue weighted by Gasteiger charge is 2.30. The van der Waals surface area contributed by atoms with Crippen molar-refractivity contribution in [2.24, 2.45) is 0 Å². The third kappa shape index (κ3) is 13.6. The number of carboxylic acid groups (broad SMARTS) is 2. The van der Waals surface area contributed by atoms with Crippen LogP contribution < -0.4 is 0 Å². The number of ether oxygens (including phenoxy) is 2. The second-order valence-electron chi connectivity index (χ2n) is 10.6. The van der Waals surface area contributed by atoms with Crippen molar-refractivity contribution in [3.63, 3.8) is 0 Å². The van der Waals surface area contributed by atoms with Gasteiger partial charge in [0.1, 0.15) is 17.0 Å². The molecule has 36 heavy (non-hydrogen) atoms. The number of rotatable bonds is 13. The van der Waals surface area contributed by atoms with Crippen LogP contribution in [0.2, 0.25) is 0 Å². The number of carbonyl (C=O) groups is 4. The molecule has 1 aromatic rings. The van der Waals surface area contributed by atoms with E-state index in [1.807, 2.05) is 0 Å². The minimum absolute atomic E-state index is 0.0453. The van der Waals surface area contributed by atoms with E-state index >= 15 is 0 Å². The van der Waals surface area contributed by atoms with Crippen molar-refractivity contribution in [1.82, 2.24) is 9.80 Å². The van der Waals surface area contributed by atoms with Gasteiger partial charge in [0.15, 0.2) is 0 Å². The molecule has 0 bridgehead atoms. The highest BCUT2D eigenvalue weighted by atomic mass is 16.6. The lowest BCUT2D eigenvalue weighted by molar-refractivity contribution is -0.160. The molecule has 1 unspecified atom stereocenters. The predicted octanol–water partition coefficient (Wildman–Crippen LogP) is 1.76. The fraction of sp³-hybridized carbons (Fsp3) is 0.600. The predicted molar refractivity (Wildman–Crippen MR) is 131 cm³/mol. The van der Waals surface area contributed by atoms with E-state index in [0.29, 0.717) is 5.56 Å². The van der Waals surface area contributed by atoms with E-state index in [9.17, 15) is 34.5 Å². The molecule has 1 atom stereocenters. The van der Waals surface area contributed by atoms with Crippen LogP contribution in [0.1, 0.15) is 47.1 Å². The van der Waals surface area contributed by atoms with Crippen molar-refractivity contribution in [2.45, 2.75) is 65.2 Å². The summed E-state index contributed by atoms with van der Waals surface area (Å²) < 4.78 is 10.7. The number of esters is 2. The van der Waals surface area contributed by atoms with Crippen molar-refractivity contribution in [3.8, 4) is 5.75 Å². The Morgan fingerprint density at radius 1 is 0.778 bits per heavy atom. The summed E-state index contributed by atoms with van der Waals surface area (Å²) in [6, 6.07) is 5.53. The number of hydrogen-bond acceptors (Lipinski definition) is 9. The number of aliphatic carboxylic acids is 2. The molecule has 0 saturated heterocycles. The molecule has 1 aromatic carbocycles. The molecule has 0 spiro atoms. The molecule has 1 rings (SSSR count). The smallest absolute Gasteiger partial charge is 0.320 e. The van der Waals surface area contributed by atoms with Crippen LogP contribution in [0.25, 0.3) is 0 Å². The number of nitrogens with zero attached hydrogens (tertiary/aromatic N) is 2. The van der Waals surface area contributed by atoms with Crippen LogP contribution in [0.15, 0.2) is 24.3 Å². The minimum Gasteiger partial charge on any atom is -0.508 e. The summed E-state index contributed by atoms with van der Waals surface area (Å²) in [6.07, 6.45) is 0.209. The lowest BCUT2D eigenvalue weighted by Gasteiger charge is -2.34. The molecule has 11 nitrogen and oxygen atoms in total. The molecule has 0 amide bonds. The number of aromatic hydroxyl groups is 1. The zero-order chi connectivity index (χ0) is 27.7. The summed E-state index contributed by atoms with van der Waals surface area (Å²) in [4.78, 5) is 50.9. The Hall–Kier alpha value is -3.18. The van der Waals surface area contributed by atoms with Gasteiger partial charge >= 0.3 is 23.9 Å². The second-order valence-corrected chi connectivity index (χ2v) is 10.6. The molecule has 0 radical (unpaired) electrons. The molecule has 0 saturated carbocycles. The van der Waals surface area contributed by atoms with Crippen molar-refractivity contribution in [2.75, 3.05) is 32.7 Å². The summed E-state index contributed by atoms with van der Waals surface area (Å²) in [7, 11) is 0. The van der Waals surface area contributed by atoms with E-state index in [1.165, 1.54) is 21.9 Å². The lowest BCUT2D eigenvalue weighted by atomic mass is 10.0. The topological polar surface area (TPSA) is 154 Å². The Morgan fingerprint density at radius 2 is 1.25 bits per heavy atom. The van der Waals surface area contributed by atoms with Gasteiger partial charge in [-0.2, -0.15) is 0 Å². The molecule has 0 aliphatic rings. The first-order valence-electron chi connectivity index (χ1n) is 11.5. The van der Waals surface area contributed by atoms with Crippen molar-refractivity contribution < 1.29 is 44.0 Å². The summed E-state index contributed by atoms with van der Waals surface area (Å²) in [5, 5.41) is 28.5. The number of carboxylic acids is 2. The lowest BCUT2D eigenvalue weighted by Crippen LogP contribution is -2.51. The van der Waals surface area contributed by atoms with E-state index in [2.05, 4.69) is 0 Å². The average molecular weight is 511 g/mol. The van der Waals surface area contributed by atoms with E-state index in [-0.39, 0.29) is 31.8 Å². The fourth-order valence-electron chi connectivity index (χ4n) is 3.47. The Balaban J connectivity index is 3.29. The number of benzene rings is 1. The largest absolute Gasteiger partial charge is 0.508 e. The summed E-state index contributed by atoms with van der Waals surface area (Å²) >= 11 is 0. The number of carbonyl (C=O) groups excluding carboxylic acids is 2. The SMILES string of the molecule is CC(C)(C)OC(=O)CN(CC(=O)O)CC(Cc1ccc(O)cc1)N(CC(=O)O)CC(=O)OC(C)(C)C. The highest BCUT2D eigenvalue weighted by Crippen LogP contribution is 2.17. The molecule has 202 valence electrons. The van der Waals surface area contributed by atoms with Gasteiger partial charge in [0.05, 0.1) is 26.2 Å². The average Bonchev–Trinajstić information content (AvgIpc) is 2.64. The van der Waals surface area contributed by atoms with Gasteiger partial charge in [0.25, 0.3) is 0 Å². The Kier molecular flexibility index (Phi) is 11.3. The molecule has 0 aliphatic carbocycles. The van der Waals surface area contributed by atoms with Crippen molar-refractivity contribution in [1.29, 1.82) is 0 Å². The molecule has 0 aliphatic heterocycles. The molecule has 0 fully saturated rings. The second kappa shape index (κ2) is 13.2. The number of phenols is 1.